The van der Waals surface area contributed by atoms with E-state index in [0.717, 1.165) is 12.1 Å². The summed E-state index contributed by atoms with van der Waals surface area (Å²) in [6, 6.07) is 8.77. The molecule has 2 N–H and O–H groups in total. The topological polar surface area (TPSA) is 105 Å². The fourth-order valence-electron chi connectivity index (χ4n) is 2.71. The summed E-state index contributed by atoms with van der Waals surface area (Å²) in [7, 11) is -3.59. The van der Waals surface area contributed by atoms with Gasteiger partial charge in [0.05, 0.1) is 15.3 Å². The Balaban J connectivity index is 1.96. The summed E-state index contributed by atoms with van der Waals surface area (Å²) in [5.74, 6) is -0.0483. The molecule has 1 heterocycles. The predicted octanol–water partition coefficient (Wildman–Crippen LogP) is 4.39. The molecule has 33 heavy (non-hydrogen) atoms. The summed E-state index contributed by atoms with van der Waals surface area (Å²) in [5, 5.41) is 0.227. The fourth-order valence-corrected chi connectivity index (χ4v) is 3.70. The number of aromatic nitrogens is 3. The highest BCUT2D eigenvalue weighted by molar-refractivity contribution is 7.90. The number of halogens is 4. The second kappa shape index (κ2) is 8.88. The Morgan fingerprint density at radius 3 is 2.24 bits per heavy atom. The summed E-state index contributed by atoms with van der Waals surface area (Å²) in [6.45, 7) is 4.68. The number of rotatable bonds is 5. The van der Waals surface area contributed by atoms with Gasteiger partial charge in [0.15, 0.2) is 5.82 Å². The van der Waals surface area contributed by atoms with Crippen LogP contribution in [-0.4, -0.2) is 28.1 Å². The van der Waals surface area contributed by atoms with Crippen molar-refractivity contribution in [3.8, 4) is 22.8 Å². The van der Waals surface area contributed by atoms with Crippen molar-refractivity contribution in [2.24, 2.45) is 0 Å². The Morgan fingerprint density at radius 2 is 1.67 bits per heavy atom. The third-order valence-corrected chi connectivity index (χ3v) is 7.15. The summed E-state index contributed by atoms with van der Waals surface area (Å²) in [6.07, 6.45) is -4.50. The molecule has 176 valence electrons. The van der Waals surface area contributed by atoms with E-state index in [4.69, 9.17) is 11.6 Å². The van der Waals surface area contributed by atoms with Gasteiger partial charge in [-0.1, -0.05) is 29.8 Å². The van der Waals surface area contributed by atoms with Crippen molar-refractivity contribution in [2.75, 3.05) is 0 Å². The number of aromatic amines is 1. The molecule has 0 atom stereocenters. The summed E-state index contributed by atoms with van der Waals surface area (Å²) < 4.78 is 64.6. The van der Waals surface area contributed by atoms with Crippen LogP contribution in [0.1, 0.15) is 31.9 Å². The average Bonchev–Trinajstić information content (AvgIpc) is 2.71. The molecular formula is C21H20ClF3N4O3S. The predicted molar refractivity (Wildman–Crippen MR) is 119 cm³/mol. The van der Waals surface area contributed by atoms with Gasteiger partial charge in [0, 0.05) is 17.7 Å². The minimum atomic E-state index is -4.50. The van der Waals surface area contributed by atoms with E-state index in [1.54, 1.807) is 32.9 Å². The van der Waals surface area contributed by atoms with Crippen molar-refractivity contribution in [3.63, 3.8) is 0 Å². The van der Waals surface area contributed by atoms with Crippen LogP contribution in [-0.2, 0) is 22.7 Å². The van der Waals surface area contributed by atoms with E-state index in [1.165, 1.54) is 18.2 Å². The standard InChI is InChI=1S/C21H20ClF3N4O3S/c1-20(2,3)33(31,32)26-11-12-4-9-16(22)15(10-12)18-27-17(28-19(30)29-18)13-5-7-14(8-6-13)21(23,24)25/h4-10,26H,11H2,1-3H3,(H,27,28,29,30). The van der Waals surface area contributed by atoms with Crippen LogP contribution in [0.3, 0.4) is 0 Å². The van der Waals surface area contributed by atoms with Crippen molar-refractivity contribution < 1.29 is 21.6 Å². The molecular weight excluding hydrogens is 481 g/mol. The fraction of sp³-hybridized carbons (Fsp3) is 0.286. The van der Waals surface area contributed by atoms with Crippen LogP contribution in [0.25, 0.3) is 22.8 Å². The average molecular weight is 501 g/mol. The van der Waals surface area contributed by atoms with Gasteiger partial charge in [-0.05, 0) is 50.6 Å². The third kappa shape index (κ3) is 5.79. The van der Waals surface area contributed by atoms with Crippen LogP contribution in [0, 0.1) is 0 Å². The van der Waals surface area contributed by atoms with Crippen molar-refractivity contribution in [2.45, 2.75) is 38.2 Å². The van der Waals surface area contributed by atoms with Crippen LogP contribution in [0.2, 0.25) is 5.02 Å². The number of H-pyrrole nitrogens is 1. The van der Waals surface area contributed by atoms with Crippen molar-refractivity contribution in [3.05, 3.63) is 69.1 Å². The lowest BCUT2D eigenvalue weighted by Gasteiger charge is -2.20. The van der Waals surface area contributed by atoms with Gasteiger partial charge < -0.3 is 0 Å². The van der Waals surface area contributed by atoms with Crippen molar-refractivity contribution in [1.29, 1.82) is 0 Å². The molecule has 3 aromatic rings. The van der Waals surface area contributed by atoms with E-state index in [-0.39, 0.29) is 28.8 Å². The van der Waals surface area contributed by atoms with E-state index < -0.39 is 32.2 Å². The highest BCUT2D eigenvalue weighted by Gasteiger charge is 2.30. The smallest absolute Gasteiger partial charge is 0.290 e. The number of sulfonamides is 1. The molecule has 0 aliphatic rings. The van der Waals surface area contributed by atoms with Crippen LogP contribution >= 0.6 is 11.6 Å². The second-order valence-corrected chi connectivity index (χ2v) is 11.1. The van der Waals surface area contributed by atoms with Crippen LogP contribution in [0.4, 0.5) is 13.2 Å². The molecule has 0 spiro atoms. The molecule has 1 aromatic heterocycles. The molecule has 0 saturated carbocycles. The number of hydrogen-bond acceptors (Lipinski definition) is 5. The van der Waals surface area contributed by atoms with Gasteiger partial charge in [-0.3, -0.25) is 4.98 Å². The number of alkyl halides is 3. The second-order valence-electron chi connectivity index (χ2n) is 8.15. The first-order chi connectivity index (χ1) is 15.2. The van der Waals surface area contributed by atoms with Gasteiger partial charge in [-0.2, -0.15) is 18.2 Å². The molecule has 2 aromatic carbocycles. The zero-order valence-electron chi connectivity index (χ0n) is 17.8. The van der Waals surface area contributed by atoms with Crippen LogP contribution < -0.4 is 10.4 Å². The van der Waals surface area contributed by atoms with Crippen molar-refractivity contribution in [1.82, 2.24) is 19.7 Å². The van der Waals surface area contributed by atoms with E-state index in [9.17, 15) is 26.4 Å². The van der Waals surface area contributed by atoms with E-state index >= 15 is 0 Å². The zero-order chi connectivity index (χ0) is 24.6. The van der Waals surface area contributed by atoms with E-state index in [1.807, 2.05) is 0 Å². The van der Waals surface area contributed by atoms with Crippen LogP contribution in [0.15, 0.2) is 47.3 Å². The van der Waals surface area contributed by atoms with Gasteiger partial charge in [0.2, 0.25) is 10.0 Å². The summed E-state index contributed by atoms with van der Waals surface area (Å²) >= 11 is 6.27. The number of nitrogens with one attached hydrogen (secondary N) is 2. The molecule has 0 radical (unpaired) electrons. The van der Waals surface area contributed by atoms with Crippen molar-refractivity contribution >= 4 is 21.6 Å². The molecule has 0 aliphatic carbocycles. The minimum Gasteiger partial charge on any atom is -0.290 e. The van der Waals surface area contributed by atoms with Gasteiger partial charge in [0.25, 0.3) is 0 Å². The quantitative estimate of drug-likeness (QED) is 0.540. The maximum Gasteiger partial charge on any atom is 0.416 e. The minimum absolute atomic E-state index is 0.0230. The first-order valence-corrected chi connectivity index (χ1v) is 11.5. The first-order valence-electron chi connectivity index (χ1n) is 9.61. The molecule has 0 aliphatic heterocycles. The van der Waals surface area contributed by atoms with Gasteiger partial charge in [-0.25, -0.2) is 22.9 Å². The molecule has 0 fully saturated rings. The summed E-state index contributed by atoms with van der Waals surface area (Å²) in [4.78, 5) is 22.6. The number of hydrogen-bond donors (Lipinski definition) is 2. The SMILES string of the molecule is CC(C)(C)S(=O)(=O)NCc1ccc(Cl)c(-c2nc(-c3ccc(C(F)(F)F)cc3)nc(=O)[nH]2)c1. The van der Waals surface area contributed by atoms with E-state index in [0.29, 0.717) is 11.1 Å². The monoisotopic (exact) mass is 500 g/mol. The maximum absolute atomic E-state index is 12.8. The normalized spacial score (nSPS) is 12.7. The largest absolute Gasteiger partial charge is 0.416 e. The molecule has 7 nitrogen and oxygen atoms in total. The Morgan fingerprint density at radius 1 is 1.03 bits per heavy atom. The zero-order valence-corrected chi connectivity index (χ0v) is 19.4. The Bertz CT molecular complexity index is 1330. The number of nitrogens with zero attached hydrogens (tertiary/aromatic N) is 2. The van der Waals surface area contributed by atoms with Crippen LogP contribution in [0.5, 0.6) is 0 Å². The lowest BCUT2D eigenvalue weighted by atomic mass is 10.1. The molecule has 0 unspecified atom stereocenters. The lowest BCUT2D eigenvalue weighted by molar-refractivity contribution is -0.137. The summed E-state index contributed by atoms with van der Waals surface area (Å²) in [5.41, 5.74) is -0.551. The van der Waals surface area contributed by atoms with Gasteiger partial charge in [0.1, 0.15) is 5.82 Å². The Labute approximate surface area is 193 Å². The highest BCUT2D eigenvalue weighted by atomic mass is 35.5. The van der Waals surface area contributed by atoms with Gasteiger partial charge in [-0.15, -0.1) is 0 Å². The molecule has 0 amide bonds. The Hall–Kier alpha value is -2.76. The first kappa shape index (κ1) is 24.9. The maximum atomic E-state index is 12.8. The molecule has 12 heteroatoms. The molecule has 3 rings (SSSR count). The molecule has 0 bridgehead atoms. The highest BCUT2D eigenvalue weighted by Crippen LogP contribution is 2.31. The lowest BCUT2D eigenvalue weighted by Crippen LogP contribution is -2.38. The third-order valence-electron chi connectivity index (χ3n) is 4.68. The Kier molecular flexibility index (Phi) is 6.69. The van der Waals surface area contributed by atoms with E-state index in [2.05, 4.69) is 19.7 Å². The molecule has 0 saturated heterocycles. The van der Waals surface area contributed by atoms with Gasteiger partial charge >= 0.3 is 11.9 Å². The number of benzene rings is 2.